The minimum Gasteiger partial charge on any atom is -0.428 e. The highest BCUT2D eigenvalue weighted by Crippen LogP contribution is 2.23. The highest BCUT2D eigenvalue weighted by atomic mass is 16.5. The first-order valence-electron chi connectivity index (χ1n) is 12.3. The van der Waals surface area contributed by atoms with Gasteiger partial charge in [-0.1, -0.05) is 12.1 Å². The number of nitrogens with zero attached hydrogens (tertiary/aromatic N) is 6. The Balaban J connectivity index is 1.16. The van der Waals surface area contributed by atoms with E-state index in [-0.39, 0.29) is 5.91 Å². The van der Waals surface area contributed by atoms with Gasteiger partial charge in [0.15, 0.2) is 0 Å². The number of amides is 1. The van der Waals surface area contributed by atoms with Crippen LogP contribution in [0.3, 0.4) is 0 Å². The number of morpholine rings is 1. The van der Waals surface area contributed by atoms with Crippen LogP contribution in [-0.2, 0) is 28.9 Å². The predicted octanol–water partition coefficient (Wildman–Crippen LogP) is 3.10. The smallest absolute Gasteiger partial charge is 0.248 e. The Morgan fingerprint density at radius 3 is 2.73 bits per heavy atom. The van der Waals surface area contributed by atoms with Gasteiger partial charge in [-0.25, -0.2) is 0 Å². The third-order valence-electron chi connectivity index (χ3n) is 6.21. The van der Waals surface area contributed by atoms with Gasteiger partial charge in [0.25, 0.3) is 0 Å². The number of carbonyl (C=O) groups excluding carboxylic acids is 1. The zero-order chi connectivity index (χ0) is 25.3. The molecule has 1 aliphatic heterocycles. The van der Waals surface area contributed by atoms with Crippen LogP contribution in [0.2, 0.25) is 0 Å². The number of hydrogen-bond donors (Lipinski definition) is 1. The molecule has 10 heteroatoms. The zero-order valence-electron chi connectivity index (χ0n) is 20.5. The minimum absolute atomic E-state index is 0.213. The van der Waals surface area contributed by atoms with Crippen molar-refractivity contribution in [1.29, 1.82) is 0 Å². The van der Waals surface area contributed by atoms with E-state index in [2.05, 4.69) is 30.5 Å². The molecule has 1 fully saturated rings. The Morgan fingerprint density at radius 2 is 1.92 bits per heavy atom. The topological polar surface area (TPSA) is 111 Å². The largest absolute Gasteiger partial charge is 0.428 e. The quantitative estimate of drug-likeness (QED) is 0.332. The molecule has 0 bridgehead atoms. The fourth-order valence-electron chi connectivity index (χ4n) is 4.16. The van der Waals surface area contributed by atoms with Crippen LogP contribution in [0.1, 0.15) is 17.0 Å². The SMILES string of the molecule is O=C(/C=C/c1cnccc1-c1cnn(CCN2CCOCC2)c1)Nc1ccc(CCc2nnco2)cc1. The lowest BCUT2D eigenvalue weighted by Crippen LogP contribution is -2.38. The first-order valence-corrected chi connectivity index (χ1v) is 12.3. The van der Waals surface area contributed by atoms with Crippen molar-refractivity contribution in [3.05, 3.63) is 84.6 Å². The number of hydrogen-bond acceptors (Lipinski definition) is 8. The molecule has 1 saturated heterocycles. The standard InChI is InChI=1S/C27H29N7O3/c35-26(31-24-5-1-21(2-6-24)3-8-27-32-29-20-37-27)7-4-22-17-28-10-9-25(22)23-18-30-34(19-23)12-11-33-13-15-36-16-14-33/h1-2,4-7,9-10,17-20H,3,8,11-16H2,(H,31,35)/b7-4+. The van der Waals surface area contributed by atoms with E-state index >= 15 is 0 Å². The Morgan fingerprint density at radius 1 is 1.05 bits per heavy atom. The summed E-state index contributed by atoms with van der Waals surface area (Å²) in [5, 5.41) is 15.0. The molecule has 0 atom stereocenters. The molecule has 10 nitrogen and oxygen atoms in total. The van der Waals surface area contributed by atoms with E-state index in [1.807, 2.05) is 47.4 Å². The summed E-state index contributed by atoms with van der Waals surface area (Å²) >= 11 is 0. The van der Waals surface area contributed by atoms with Crippen LogP contribution in [0.15, 0.2) is 72.0 Å². The molecule has 5 rings (SSSR count). The van der Waals surface area contributed by atoms with E-state index in [0.29, 0.717) is 12.3 Å². The highest BCUT2D eigenvalue weighted by Gasteiger charge is 2.11. The maximum atomic E-state index is 12.6. The number of nitrogens with one attached hydrogen (secondary N) is 1. The van der Waals surface area contributed by atoms with Crippen LogP contribution in [0, 0.1) is 0 Å². The Hall–Kier alpha value is -4.15. The van der Waals surface area contributed by atoms with Crippen molar-refractivity contribution in [3.63, 3.8) is 0 Å². The van der Waals surface area contributed by atoms with Crippen LogP contribution in [0.25, 0.3) is 17.2 Å². The molecule has 4 aromatic rings. The molecule has 0 unspecified atom stereocenters. The van der Waals surface area contributed by atoms with E-state index in [0.717, 1.165) is 73.8 Å². The summed E-state index contributed by atoms with van der Waals surface area (Å²) in [6, 6.07) is 9.66. The van der Waals surface area contributed by atoms with Crippen LogP contribution < -0.4 is 5.32 Å². The van der Waals surface area contributed by atoms with Crippen LogP contribution in [-0.4, -0.2) is 68.6 Å². The molecule has 0 spiro atoms. The van der Waals surface area contributed by atoms with Crippen molar-refractivity contribution >= 4 is 17.7 Å². The second-order valence-electron chi connectivity index (χ2n) is 8.76. The van der Waals surface area contributed by atoms with Crippen molar-refractivity contribution in [2.24, 2.45) is 0 Å². The molecule has 1 amide bonds. The van der Waals surface area contributed by atoms with Crippen LogP contribution in [0.5, 0.6) is 0 Å². The van der Waals surface area contributed by atoms with E-state index in [9.17, 15) is 4.79 Å². The monoisotopic (exact) mass is 499 g/mol. The average Bonchev–Trinajstić information content (AvgIpc) is 3.64. The maximum absolute atomic E-state index is 12.6. The van der Waals surface area contributed by atoms with E-state index in [4.69, 9.17) is 9.15 Å². The van der Waals surface area contributed by atoms with Gasteiger partial charge in [0.2, 0.25) is 18.2 Å². The van der Waals surface area contributed by atoms with Crippen molar-refractivity contribution in [2.75, 3.05) is 38.2 Å². The average molecular weight is 500 g/mol. The fourth-order valence-corrected chi connectivity index (χ4v) is 4.16. The first kappa shape index (κ1) is 24.5. The lowest BCUT2D eigenvalue weighted by atomic mass is 10.0. The third-order valence-corrected chi connectivity index (χ3v) is 6.21. The Kier molecular flexibility index (Phi) is 8.09. The van der Waals surface area contributed by atoms with Gasteiger partial charge < -0.3 is 14.5 Å². The van der Waals surface area contributed by atoms with Crippen molar-refractivity contribution in [2.45, 2.75) is 19.4 Å². The molecule has 190 valence electrons. The van der Waals surface area contributed by atoms with E-state index in [1.165, 1.54) is 12.5 Å². The number of anilines is 1. The summed E-state index contributed by atoms with van der Waals surface area (Å²) in [5.74, 6) is 0.396. The number of benzene rings is 1. The predicted molar refractivity (Wildman–Crippen MR) is 139 cm³/mol. The van der Waals surface area contributed by atoms with Gasteiger partial charge in [0.05, 0.1) is 26.0 Å². The molecule has 1 aromatic carbocycles. The zero-order valence-corrected chi connectivity index (χ0v) is 20.5. The van der Waals surface area contributed by atoms with E-state index < -0.39 is 0 Å². The lowest BCUT2D eigenvalue weighted by Gasteiger charge is -2.26. The third kappa shape index (κ3) is 6.96. The first-order chi connectivity index (χ1) is 18.2. The van der Waals surface area contributed by atoms with E-state index in [1.54, 1.807) is 18.5 Å². The van der Waals surface area contributed by atoms with Gasteiger partial charge in [-0.15, -0.1) is 10.2 Å². The number of aromatic nitrogens is 5. The second-order valence-corrected chi connectivity index (χ2v) is 8.76. The summed E-state index contributed by atoms with van der Waals surface area (Å²) < 4.78 is 12.5. The summed E-state index contributed by atoms with van der Waals surface area (Å²) in [4.78, 5) is 19.2. The number of pyridine rings is 1. The summed E-state index contributed by atoms with van der Waals surface area (Å²) in [6.45, 7) is 5.25. The van der Waals surface area contributed by atoms with Crippen molar-refractivity contribution in [3.8, 4) is 11.1 Å². The lowest BCUT2D eigenvalue weighted by molar-refractivity contribution is -0.111. The number of aryl methyl sites for hydroxylation is 2. The Bertz CT molecular complexity index is 1310. The maximum Gasteiger partial charge on any atom is 0.248 e. The molecule has 1 aliphatic rings. The molecule has 37 heavy (non-hydrogen) atoms. The van der Waals surface area contributed by atoms with Crippen LogP contribution in [0.4, 0.5) is 5.69 Å². The Labute approximate surface area is 215 Å². The molecule has 0 radical (unpaired) electrons. The fraction of sp³-hybridized carbons (Fsp3) is 0.296. The normalized spacial score (nSPS) is 14.3. The number of carbonyl (C=O) groups is 1. The van der Waals surface area contributed by atoms with Gasteiger partial charge in [-0.05, 0) is 41.8 Å². The summed E-state index contributed by atoms with van der Waals surface area (Å²) in [6.07, 6.45) is 13.5. The molecular weight excluding hydrogens is 470 g/mol. The molecule has 3 aromatic heterocycles. The molecule has 1 N–H and O–H groups in total. The summed E-state index contributed by atoms with van der Waals surface area (Å²) in [5.41, 5.74) is 4.66. The summed E-state index contributed by atoms with van der Waals surface area (Å²) in [7, 11) is 0. The van der Waals surface area contributed by atoms with Crippen molar-refractivity contribution < 1.29 is 13.9 Å². The minimum atomic E-state index is -0.213. The van der Waals surface area contributed by atoms with Gasteiger partial charge in [0, 0.05) is 67.5 Å². The molecular formula is C27H29N7O3. The van der Waals surface area contributed by atoms with Gasteiger partial charge in [-0.3, -0.25) is 19.4 Å². The molecule has 4 heterocycles. The van der Waals surface area contributed by atoms with Gasteiger partial charge >= 0.3 is 0 Å². The number of rotatable bonds is 10. The van der Waals surface area contributed by atoms with Gasteiger partial charge in [-0.2, -0.15) is 5.10 Å². The highest BCUT2D eigenvalue weighted by molar-refractivity contribution is 6.02. The van der Waals surface area contributed by atoms with Gasteiger partial charge in [0.1, 0.15) is 0 Å². The second kappa shape index (κ2) is 12.2. The molecule has 0 saturated carbocycles. The molecule has 0 aliphatic carbocycles. The van der Waals surface area contributed by atoms with Crippen molar-refractivity contribution in [1.82, 2.24) is 29.9 Å². The van der Waals surface area contributed by atoms with Crippen LogP contribution >= 0.6 is 0 Å². The number of ether oxygens (including phenoxy) is 1.